The third-order valence-electron chi connectivity index (χ3n) is 7.10. The molecule has 0 saturated heterocycles. The van der Waals surface area contributed by atoms with Gasteiger partial charge in [0.25, 0.3) is 0 Å². The molecule has 2 aliphatic carbocycles. The van der Waals surface area contributed by atoms with E-state index in [2.05, 4.69) is 4.98 Å². The zero-order chi connectivity index (χ0) is 23.2. The number of carbonyl (C=O) groups excluding carboxylic acids is 1. The van der Waals surface area contributed by atoms with Crippen molar-refractivity contribution < 1.29 is 27.8 Å². The van der Waals surface area contributed by atoms with Crippen molar-refractivity contribution in [3.05, 3.63) is 64.3 Å². The highest BCUT2D eigenvalue weighted by atomic mass is 19.4. The Bertz CT molecular complexity index is 1190. The van der Waals surface area contributed by atoms with Crippen LogP contribution >= 0.6 is 0 Å². The number of aliphatic carboxylic acids is 1. The van der Waals surface area contributed by atoms with E-state index in [1.54, 1.807) is 18.2 Å². The monoisotopic (exact) mass is 456 g/mol. The average Bonchev–Trinajstić information content (AvgIpc) is 3.49. The largest absolute Gasteiger partial charge is 0.550 e. The summed E-state index contributed by atoms with van der Waals surface area (Å²) in [6, 6.07) is 10.1. The highest BCUT2D eigenvalue weighted by molar-refractivity contribution is 5.87. The van der Waals surface area contributed by atoms with Crippen LogP contribution in [0.4, 0.5) is 13.2 Å². The molecule has 0 bridgehead atoms. The minimum absolute atomic E-state index is 0.0123. The molecular weight excluding hydrogens is 431 g/mol. The molecule has 2 aliphatic rings. The molecule has 1 saturated carbocycles. The zero-order valence-corrected chi connectivity index (χ0v) is 18.1. The molecule has 5 rings (SSSR count). The van der Waals surface area contributed by atoms with Gasteiger partial charge in [-0.1, -0.05) is 25.0 Å². The molecule has 0 aliphatic heterocycles. The standard InChI is InChI=1S/C26H26F3NO3/c27-26(28,29)22-11-15(5-8-19(22)16-3-1-2-4-16)14-33-18-7-10-23-21(13-18)20-9-6-17(12-24(31)32)25(20)30-23/h5,7-8,10-11,13,16-17,30H,1-4,6,9,12,14H2,(H,31,32)/p-1/t17-/m1/s1. The summed E-state index contributed by atoms with van der Waals surface area (Å²) in [4.78, 5) is 14.3. The van der Waals surface area contributed by atoms with Crippen LogP contribution in [0.2, 0.25) is 0 Å². The number of hydrogen-bond donors (Lipinski definition) is 1. The van der Waals surface area contributed by atoms with Gasteiger partial charge in [0.05, 0.1) is 5.56 Å². The fourth-order valence-corrected chi connectivity index (χ4v) is 5.52. The second-order valence-corrected chi connectivity index (χ2v) is 9.23. The summed E-state index contributed by atoms with van der Waals surface area (Å²) in [5.74, 6) is -0.592. The first-order valence-electron chi connectivity index (χ1n) is 11.5. The van der Waals surface area contributed by atoms with Crippen molar-refractivity contribution in [2.45, 2.75) is 69.6 Å². The Morgan fingerprint density at radius 1 is 1.09 bits per heavy atom. The van der Waals surface area contributed by atoms with Gasteiger partial charge in [-0.3, -0.25) is 0 Å². The van der Waals surface area contributed by atoms with Crippen LogP contribution in [-0.4, -0.2) is 11.0 Å². The number of alkyl halides is 3. The lowest BCUT2D eigenvalue weighted by Crippen LogP contribution is -2.24. The molecule has 4 nitrogen and oxygen atoms in total. The average molecular weight is 456 g/mol. The van der Waals surface area contributed by atoms with E-state index in [1.165, 1.54) is 6.07 Å². The van der Waals surface area contributed by atoms with Gasteiger partial charge in [-0.2, -0.15) is 13.2 Å². The number of aryl methyl sites for hydroxylation is 1. The van der Waals surface area contributed by atoms with Crippen molar-refractivity contribution in [1.82, 2.24) is 4.98 Å². The first kappa shape index (κ1) is 21.9. The maximum atomic E-state index is 13.7. The lowest BCUT2D eigenvalue weighted by molar-refractivity contribution is -0.306. The van der Waals surface area contributed by atoms with Crippen LogP contribution in [0.15, 0.2) is 36.4 Å². The highest BCUT2D eigenvalue weighted by Crippen LogP contribution is 2.42. The maximum Gasteiger partial charge on any atom is 0.416 e. The number of carboxylic acids is 1. The Morgan fingerprint density at radius 3 is 2.61 bits per heavy atom. The molecule has 1 fully saturated rings. The molecule has 1 atom stereocenters. The molecule has 0 amide bonds. The van der Waals surface area contributed by atoms with E-state index in [0.717, 1.165) is 60.7 Å². The SMILES string of the molecule is O=C([O-])C[C@H]1CCc2c1[nH]c1ccc(OCc3ccc(C4CCCC4)c(C(F)(F)F)c3)cc21. The Labute approximate surface area is 189 Å². The summed E-state index contributed by atoms with van der Waals surface area (Å²) in [6.07, 6.45) is 0.700. The summed E-state index contributed by atoms with van der Waals surface area (Å²) in [6.45, 7) is 0.0411. The van der Waals surface area contributed by atoms with Crippen LogP contribution in [0.3, 0.4) is 0 Å². The summed E-state index contributed by atoms with van der Waals surface area (Å²) in [5, 5.41) is 12.0. The molecule has 174 valence electrons. The van der Waals surface area contributed by atoms with Crippen molar-refractivity contribution >= 4 is 16.9 Å². The number of nitrogens with one attached hydrogen (secondary N) is 1. The topological polar surface area (TPSA) is 65.1 Å². The van der Waals surface area contributed by atoms with Gasteiger partial charge in [-0.25, -0.2) is 0 Å². The third-order valence-corrected chi connectivity index (χ3v) is 7.10. The van der Waals surface area contributed by atoms with Crippen molar-refractivity contribution in [2.75, 3.05) is 0 Å². The smallest absolute Gasteiger partial charge is 0.416 e. The number of carboxylic acid groups (broad SMARTS) is 1. The number of ether oxygens (including phenoxy) is 1. The van der Waals surface area contributed by atoms with E-state index in [1.807, 2.05) is 12.1 Å². The Kier molecular flexibility index (Phi) is 5.59. The van der Waals surface area contributed by atoms with Crippen molar-refractivity contribution in [3.63, 3.8) is 0 Å². The second kappa shape index (κ2) is 8.43. The molecule has 3 aromatic rings. The molecule has 33 heavy (non-hydrogen) atoms. The molecule has 0 unspecified atom stereocenters. The van der Waals surface area contributed by atoms with Gasteiger partial charge in [0, 0.05) is 28.5 Å². The van der Waals surface area contributed by atoms with Gasteiger partial charge in [0.15, 0.2) is 0 Å². The number of aromatic amines is 1. The van der Waals surface area contributed by atoms with Gasteiger partial charge >= 0.3 is 6.18 Å². The molecule has 1 heterocycles. The van der Waals surface area contributed by atoms with Crippen molar-refractivity contribution in [1.29, 1.82) is 0 Å². The lowest BCUT2D eigenvalue weighted by Gasteiger charge is -2.19. The zero-order valence-electron chi connectivity index (χ0n) is 18.1. The third kappa shape index (κ3) is 4.33. The predicted octanol–water partition coefficient (Wildman–Crippen LogP) is 5.59. The predicted molar refractivity (Wildman–Crippen MR) is 116 cm³/mol. The van der Waals surface area contributed by atoms with Crippen LogP contribution in [-0.2, 0) is 24.0 Å². The first-order chi connectivity index (χ1) is 15.8. The summed E-state index contributed by atoms with van der Waals surface area (Å²) in [7, 11) is 0. The van der Waals surface area contributed by atoms with E-state index in [0.29, 0.717) is 16.9 Å². The fourth-order valence-electron chi connectivity index (χ4n) is 5.52. The van der Waals surface area contributed by atoms with Gasteiger partial charge in [0.2, 0.25) is 0 Å². The quantitative estimate of drug-likeness (QED) is 0.526. The van der Waals surface area contributed by atoms with Crippen molar-refractivity contribution in [3.8, 4) is 5.75 Å². The molecule has 1 N–H and O–H groups in total. The van der Waals surface area contributed by atoms with Crippen LogP contribution < -0.4 is 9.84 Å². The molecule has 0 spiro atoms. The van der Waals surface area contributed by atoms with Crippen LogP contribution in [0.5, 0.6) is 5.75 Å². The number of hydrogen-bond acceptors (Lipinski definition) is 3. The Balaban J connectivity index is 1.36. The van der Waals surface area contributed by atoms with E-state index in [9.17, 15) is 23.1 Å². The minimum atomic E-state index is -4.39. The fraction of sp³-hybridized carbons (Fsp3) is 0.423. The number of fused-ring (bicyclic) bond motifs is 3. The lowest BCUT2D eigenvalue weighted by atomic mass is 9.91. The van der Waals surface area contributed by atoms with Gasteiger partial charge < -0.3 is 19.6 Å². The van der Waals surface area contributed by atoms with Crippen LogP contribution in [0.25, 0.3) is 10.9 Å². The van der Waals surface area contributed by atoms with Crippen molar-refractivity contribution in [2.24, 2.45) is 0 Å². The van der Waals surface area contributed by atoms with Gasteiger partial charge in [-0.05, 0) is 79.0 Å². The van der Waals surface area contributed by atoms with E-state index < -0.39 is 17.7 Å². The minimum Gasteiger partial charge on any atom is -0.550 e. The van der Waals surface area contributed by atoms with E-state index in [4.69, 9.17) is 4.74 Å². The van der Waals surface area contributed by atoms with Crippen LogP contribution in [0.1, 0.15) is 78.3 Å². The van der Waals surface area contributed by atoms with Gasteiger partial charge in [-0.15, -0.1) is 0 Å². The second-order valence-electron chi connectivity index (χ2n) is 9.23. The Morgan fingerprint density at radius 2 is 1.88 bits per heavy atom. The Hall–Kier alpha value is -2.96. The molecule has 1 aromatic heterocycles. The first-order valence-corrected chi connectivity index (χ1v) is 11.5. The maximum absolute atomic E-state index is 13.7. The molecule has 0 radical (unpaired) electrons. The number of carbonyl (C=O) groups is 1. The number of halogens is 3. The number of H-pyrrole nitrogens is 1. The van der Waals surface area contributed by atoms with E-state index >= 15 is 0 Å². The summed E-state index contributed by atoms with van der Waals surface area (Å²) < 4.78 is 47.1. The molecular formula is C26H25F3NO3-. The summed E-state index contributed by atoms with van der Waals surface area (Å²) >= 11 is 0. The number of benzene rings is 2. The molecule has 2 aromatic carbocycles. The van der Waals surface area contributed by atoms with Gasteiger partial charge in [0.1, 0.15) is 12.4 Å². The summed E-state index contributed by atoms with van der Waals surface area (Å²) in [5.41, 5.74) is 3.26. The van der Waals surface area contributed by atoms with Crippen LogP contribution in [0, 0.1) is 0 Å². The molecule has 7 heteroatoms. The normalized spacial score (nSPS) is 18.7. The number of rotatable bonds is 6. The van der Waals surface area contributed by atoms with E-state index in [-0.39, 0.29) is 24.9 Å². The highest BCUT2D eigenvalue weighted by Gasteiger charge is 2.36. The number of aromatic nitrogens is 1.